The van der Waals surface area contributed by atoms with Gasteiger partial charge in [0.1, 0.15) is 0 Å². The van der Waals surface area contributed by atoms with E-state index in [1.807, 2.05) is 12.4 Å². The Morgan fingerprint density at radius 2 is 1.40 bits per heavy atom. The Kier molecular flexibility index (Phi) is 4.57. The van der Waals surface area contributed by atoms with Crippen LogP contribution in [0.1, 0.15) is 35.2 Å². The number of thiophene rings is 1. The highest BCUT2D eigenvalue weighted by atomic mass is 32.1. The molecule has 48 heavy (non-hydrogen) atoms. The second kappa shape index (κ2) is 8.70. The molecule has 6 aromatic heterocycles. The quantitative estimate of drug-likeness (QED) is 0.181. The van der Waals surface area contributed by atoms with Crippen molar-refractivity contribution >= 4 is 59.5 Å². The predicted molar refractivity (Wildman–Crippen MR) is 192 cm³/mol. The number of nitrogens with zero attached hydrogens (tertiary/aromatic N) is 6. The summed E-state index contributed by atoms with van der Waals surface area (Å²) in [6.07, 6.45) is 14.2. The molecule has 3 aromatic carbocycles. The molecule has 0 atom stereocenters. The Bertz CT molecular complexity index is 2930. The molecule has 0 radical (unpaired) electrons. The third-order valence-corrected chi connectivity index (χ3v) is 12.0. The number of pyridine rings is 1. The maximum absolute atomic E-state index is 5.12. The lowest BCUT2D eigenvalue weighted by atomic mass is 9.68. The first-order valence-electron chi connectivity index (χ1n) is 16.4. The first-order valence-corrected chi connectivity index (χ1v) is 17.2. The van der Waals surface area contributed by atoms with Gasteiger partial charge in [0.05, 0.1) is 34.2 Å². The van der Waals surface area contributed by atoms with Crippen molar-refractivity contribution in [3.05, 3.63) is 150 Å². The zero-order valence-corrected chi connectivity index (χ0v) is 26.4. The molecule has 0 bridgehead atoms. The van der Waals surface area contributed by atoms with Crippen molar-refractivity contribution in [2.75, 3.05) is 0 Å². The number of fused-ring (bicyclic) bond motifs is 19. The predicted octanol–water partition coefficient (Wildman–Crippen LogP) is 9.39. The van der Waals surface area contributed by atoms with E-state index in [9.17, 15) is 0 Å². The van der Waals surface area contributed by atoms with E-state index in [2.05, 4.69) is 106 Å². The molecule has 0 saturated carbocycles. The van der Waals surface area contributed by atoms with Gasteiger partial charge >= 0.3 is 0 Å². The average Bonchev–Trinajstić information content (AvgIpc) is 3.95. The smallest absolute Gasteiger partial charge is 0.183 e. The van der Waals surface area contributed by atoms with E-state index >= 15 is 0 Å². The largest absolute Gasteiger partial charge is 0.287 e. The van der Waals surface area contributed by atoms with Gasteiger partial charge in [0, 0.05) is 38.8 Å². The van der Waals surface area contributed by atoms with Crippen LogP contribution < -0.4 is 0 Å². The summed E-state index contributed by atoms with van der Waals surface area (Å²) >= 11 is 1.80. The SMILES string of the molecule is C1=CC2=C(CC1)C1(c3ccccc3-c3ccccc31)c1cc3c4ncc(-c5cc6sc7ccccc7c6cn5)n4c4nccnc4n3c12. The molecule has 3 aliphatic rings. The molecule has 6 nitrogen and oxygen atoms in total. The fourth-order valence-electron chi connectivity index (χ4n) is 9.06. The van der Waals surface area contributed by atoms with Gasteiger partial charge in [-0.25, -0.2) is 15.0 Å². The van der Waals surface area contributed by atoms with E-state index in [0.29, 0.717) is 0 Å². The highest BCUT2D eigenvalue weighted by Crippen LogP contribution is 2.64. The molecular weight excluding hydrogens is 609 g/mol. The topological polar surface area (TPSA) is 60.4 Å². The maximum Gasteiger partial charge on any atom is 0.183 e. The van der Waals surface area contributed by atoms with Crippen LogP contribution in [0.3, 0.4) is 0 Å². The Morgan fingerprint density at radius 3 is 2.23 bits per heavy atom. The Morgan fingerprint density at radius 1 is 0.646 bits per heavy atom. The minimum Gasteiger partial charge on any atom is -0.287 e. The summed E-state index contributed by atoms with van der Waals surface area (Å²) in [6.45, 7) is 0. The number of allylic oxidation sites excluding steroid dienone is 4. The van der Waals surface area contributed by atoms with Crippen LogP contribution in [0, 0.1) is 0 Å². The van der Waals surface area contributed by atoms with Gasteiger partial charge in [0.25, 0.3) is 0 Å². The lowest BCUT2D eigenvalue weighted by molar-refractivity contribution is 0.715. The van der Waals surface area contributed by atoms with Crippen molar-refractivity contribution in [1.29, 1.82) is 0 Å². The summed E-state index contributed by atoms with van der Waals surface area (Å²) in [4.78, 5) is 20.1. The molecule has 1 spiro atoms. The van der Waals surface area contributed by atoms with Gasteiger partial charge in [-0.1, -0.05) is 78.9 Å². The van der Waals surface area contributed by atoms with Gasteiger partial charge in [-0.2, -0.15) is 0 Å². The van der Waals surface area contributed by atoms with Crippen LogP contribution in [0.15, 0.2) is 127 Å². The van der Waals surface area contributed by atoms with E-state index < -0.39 is 0 Å². The molecule has 6 heterocycles. The molecular formula is C41H24N6S. The molecule has 0 saturated heterocycles. The van der Waals surface area contributed by atoms with Crippen molar-refractivity contribution in [2.45, 2.75) is 18.3 Å². The summed E-state index contributed by atoms with van der Waals surface area (Å²) in [7, 11) is 0. The van der Waals surface area contributed by atoms with E-state index in [1.165, 1.54) is 64.8 Å². The van der Waals surface area contributed by atoms with Gasteiger partial charge in [-0.15, -0.1) is 11.3 Å². The second-order valence-corrected chi connectivity index (χ2v) is 14.1. The van der Waals surface area contributed by atoms with Gasteiger partial charge in [-0.05, 0) is 70.0 Å². The molecule has 0 unspecified atom stereocenters. The van der Waals surface area contributed by atoms with E-state index in [-0.39, 0.29) is 5.41 Å². The van der Waals surface area contributed by atoms with Crippen molar-refractivity contribution in [3.8, 4) is 22.5 Å². The van der Waals surface area contributed by atoms with Crippen LogP contribution >= 0.6 is 11.3 Å². The first-order chi connectivity index (χ1) is 23.8. The molecule has 9 aromatic rings. The number of rotatable bonds is 1. The Labute approximate surface area is 278 Å². The average molecular weight is 633 g/mol. The van der Waals surface area contributed by atoms with E-state index in [1.54, 1.807) is 23.7 Å². The van der Waals surface area contributed by atoms with E-state index in [4.69, 9.17) is 19.9 Å². The molecule has 0 fully saturated rings. The summed E-state index contributed by atoms with van der Waals surface area (Å²) in [6, 6.07) is 31.1. The van der Waals surface area contributed by atoms with Gasteiger partial charge in [-0.3, -0.25) is 13.8 Å². The summed E-state index contributed by atoms with van der Waals surface area (Å²) in [5, 5.41) is 2.42. The molecule has 0 amide bonds. The molecule has 7 heteroatoms. The van der Waals surface area contributed by atoms with Crippen LogP contribution in [0.25, 0.3) is 70.7 Å². The number of imidazole rings is 1. The standard InChI is InChI=1S/C41H24N6S/c1-5-13-28-23(9-1)24-10-2-6-14-29(24)41(28)30-15-7-3-12-26(30)37-31(41)19-33-38-45-22-34(47(38)40-39(46(33)37)42-17-18-43-40)32-20-36-27(21-44-32)25-11-4-8-16-35(25)48-36/h1-6,8-14,16-22H,7,15H2. The Hall–Kier alpha value is -5.92. The van der Waals surface area contributed by atoms with Crippen LogP contribution in [0.5, 0.6) is 0 Å². The zero-order chi connectivity index (χ0) is 31.1. The lowest BCUT2D eigenvalue weighted by Crippen LogP contribution is -2.27. The monoisotopic (exact) mass is 632 g/mol. The first kappa shape index (κ1) is 25.2. The van der Waals surface area contributed by atoms with Crippen LogP contribution in [-0.2, 0) is 5.41 Å². The third-order valence-electron chi connectivity index (χ3n) is 10.8. The fourth-order valence-corrected chi connectivity index (χ4v) is 10.2. The Balaban J connectivity index is 1.21. The highest BCUT2D eigenvalue weighted by Gasteiger charge is 2.54. The lowest BCUT2D eigenvalue weighted by Gasteiger charge is -2.32. The molecule has 12 rings (SSSR count). The number of hydrogen-bond acceptors (Lipinski definition) is 5. The summed E-state index contributed by atoms with van der Waals surface area (Å²) < 4.78 is 6.96. The van der Waals surface area contributed by atoms with Crippen molar-refractivity contribution in [1.82, 2.24) is 28.7 Å². The normalized spacial score (nSPS) is 15.8. The van der Waals surface area contributed by atoms with Crippen LogP contribution in [0.4, 0.5) is 0 Å². The fraction of sp³-hybridized carbons (Fsp3) is 0.0732. The molecule has 0 N–H and O–H groups in total. The summed E-state index contributed by atoms with van der Waals surface area (Å²) in [5.74, 6) is 0. The van der Waals surface area contributed by atoms with Crippen molar-refractivity contribution in [3.63, 3.8) is 0 Å². The van der Waals surface area contributed by atoms with Crippen LogP contribution in [0.2, 0.25) is 0 Å². The number of hydrogen-bond donors (Lipinski definition) is 0. The minimum atomic E-state index is -0.372. The maximum atomic E-state index is 5.12. The van der Waals surface area contributed by atoms with E-state index in [0.717, 1.165) is 46.7 Å². The van der Waals surface area contributed by atoms with Crippen molar-refractivity contribution in [2.24, 2.45) is 0 Å². The van der Waals surface area contributed by atoms with Gasteiger partial charge in [0.15, 0.2) is 16.9 Å². The zero-order valence-electron chi connectivity index (χ0n) is 25.6. The second-order valence-electron chi connectivity index (χ2n) is 13.0. The minimum absolute atomic E-state index is 0.372. The van der Waals surface area contributed by atoms with Gasteiger partial charge in [0.2, 0.25) is 0 Å². The van der Waals surface area contributed by atoms with Crippen LogP contribution in [-0.4, -0.2) is 28.7 Å². The highest BCUT2D eigenvalue weighted by molar-refractivity contribution is 7.25. The number of benzene rings is 3. The molecule has 3 aliphatic carbocycles. The number of aromatic nitrogens is 6. The molecule has 0 aliphatic heterocycles. The van der Waals surface area contributed by atoms with Crippen molar-refractivity contribution < 1.29 is 0 Å². The molecule has 224 valence electrons. The summed E-state index contributed by atoms with van der Waals surface area (Å²) in [5.41, 5.74) is 15.5. The van der Waals surface area contributed by atoms with Gasteiger partial charge < -0.3 is 0 Å². The third kappa shape index (κ3) is 2.83.